The number of fused-ring (bicyclic) bond motifs is 6. The van der Waals surface area contributed by atoms with Crippen molar-refractivity contribution in [2.75, 3.05) is 52.9 Å². The molecule has 0 spiro atoms. The van der Waals surface area contributed by atoms with Crippen LogP contribution in [0.1, 0.15) is 107 Å². The molecule has 5 aromatic carbocycles. The fourth-order valence-corrected chi connectivity index (χ4v) is 15.9. The molecule has 7 N–H and O–H groups in total. The monoisotopic (exact) mass is 1430 g/mol. The molecule has 10 atom stereocenters. The number of nitrogens with two attached hydrogens (primary N) is 1. The van der Waals surface area contributed by atoms with E-state index in [-0.39, 0.29) is 75.6 Å². The number of carbonyl (C=O) groups is 10. The lowest BCUT2D eigenvalue weighted by molar-refractivity contribution is -0.151. The molecule has 2 fully saturated rings. The van der Waals surface area contributed by atoms with E-state index in [1.54, 1.807) is 43.0 Å². The van der Waals surface area contributed by atoms with Gasteiger partial charge in [0.25, 0.3) is 0 Å². The Hall–Kier alpha value is -8.94. The van der Waals surface area contributed by atoms with Crippen molar-refractivity contribution in [3.63, 3.8) is 0 Å². The topological polar surface area (TPSA) is 293 Å². The minimum Gasteiger partial charge on any atom is -0.497 e. The van der Waals surface area contributed by atoms with E-state index >= 15 is 28.8 Å². The van der Waals surface area contributed by atoms with E-state index < -0.39 is 114 Å². The number of methoxy groups -OCH3 is 2. The molecule has 546 valence electrons. The molecule has 23 nitrogen and oxygen atoms in total. The second kappa shape index (κ2) is 36.3. The van der Waals surface area contributed by atoms with E-state index in [4.69, 9.17) is 15.2 Å². The van der Waals surface area contributed by atoms with Crippen molar-refractivity contribution in [1.82, 2.24) is 50.8 Å². The predicted molar refractivity (Wildman–Crippen MR) is 397 cm³/mol. The summed E-state index contributed by atoms with van der Waals surface area (Å²) in [4.78, 5) is 154. The van der Waals surface area contributed by atoms with Gasteiger partial charge >= 0.3 is 0 Å². The van der Waals surface area contributed by atoms with E-state index in [1.165, 1.54) is 59.7 Å². The normalized spacial score (nSPS) is 23.8. The summed E-state index contributed by atoms with van der Waals surface area (Å²) in [6.45, 7) is 7.64. The second-order valence-electron chi connectivity index (χ2n) is 27.4. The van der Waals surface area contributed by atoms with Crippen LogP contribution in [-0.2, 0) is 90.5 Å². The van der Waals surface area contributed by atoms with Gasteiger partial charge in [-0.1, -0.05) is 124 Å². The predicted octanol–water partition coefficient (Wildman–Crippen LogP) is 6.36. The summed E-state index contributed by atoms with van der Waals surface area (Å²) in [5.74, 6) is -3.96. The SMILES string of the molecule is CCC[C@@H]1NC(=O)CCSCc2cccc(c2)CSC[C@@H](C(N)=O)NC(=O)[C@@H]2CCCN2C(=O)[C@H](Cc2ccc(OC)cc2)NC(=O)[C@H]([C@@H](C)OC)N(C)C(=O)[C@@H]2CCCN2C(=O)[C@H](Cc2cn(C)c3ccccc23)NC(=O)[C@H](Cc2ccc3ccccc3c2)NC(=O)[C@@H](CC(C)C)N(C)C1=O. The first-order valence-electron chi connectivity index (χ1n) is 35.3. The summed E-state index contributed by atoms with van der Waals surface area (Å²) >= 11 is 2.95. The Morgan fingerprint density at radius 1 is 0.598 bits per heavy atom. The number of benzene rings is 5. The Morgan fingerprint density at radius 3 is 1.89 bits per heavy atom. The van der Waals surface area contributed by atoms with Gasteiger partial charge in [-0.25, -0.2) is 0 Å². The van der Waals surface area contributed by atoms with Crippen molar-refractivity contribution in [2.45, 2.75) is 170 Å². The van der Waals surface area contributed by atoms with E-state index in [2.05, 4.69) is 26.6 Å². The van der Waals surface area contributed by atoms with E-state index in [9.17, 15) is 19.2 Å². The molecule has 0 unspecified atom stereocenters. The van der Waals surface area contributed by atoms with Gasteiger partial charge in [-0.15, -0.1) is 0 Å². The van der Waals surface area contributed by atoms with Crippen molar-refractivity contribution in [2.24, 2.45) is 18.7 Å². The number of primary amides is 1. The number of nitrogens with one attached hydrogen (secondary N) is 5. The van der Waals surface area contributed by atoms with Crippen molar-refractivity contribution in [1.29, 1.82) is 0 Å². The maximum absolute atomic E-state index is 15.9. The van der Waals surface area contributed by atoms with Crippen LogP contribution in [0, 0.1) is 5.92 Å². The smallest absolute Gasteiger partial charge is 0.246 e. The van der Waals surface area contributed by atoms with Crippen LogP contribution in [0.15, 0.2) is 121 Å². The van der Waals surface area contributed by atoms with Gasteiger partial charge in [-0.05, 0) is 108 Å². The minimum absolute atomic E-state index is 0.0324. The number of aryl methyl sites for hydroxylation is 1. The average Bonchev–Trinajstić information content (AvgIpc) is 1.58. The van der Waals surface area contributed by atoms with Crippen molar-refractivity contribution < 1.29 is 57.4 Å². The second-order valence-corrected chi connectivity index (χ2v) is 29.6. The molecular formula is C77H99N11O12S2. The largest absolute Gasteiger partial charge is 0.497 e. The number of likely N-dealkylation sites (N-methyl/N-ethyl adjacent to an activating group) is 2. The lowest BCUT2D eigenvalue weighted by Gasteiger charge is -2.37. The fourth-order valence-electron chi connectivity index (χ4n) is 14.0. The molecule has 0 saturated carbocycles. The Labute approximate surface area is 606 Å². The number of nitrogens with zero attached hydrogens (tertiary/aromatic N) is 5. The van der Waals surface area contributed by atoms with E-state index in [1.807, 2.05) is 130 Å². The molecule has 102 heavy (non-hydrogen) atoms. The molecule has 10 amide bonds. The van der Waals surface area contributed by atoms with Gasteiger partial charge in [0, 0.05) is 107 Å². The third-order valence-corrected chi connectivity index (χ3v) is 21.7. The number of aromatic nitrogens is 1. The molecule has 9 rings (SSSR count). The molecule has 0 aliphatic carbocycles. The Kier molecular flexibility index (Phi) is 27.5. The average molecular weight is 1430 g/mol. The summed E-state index contributed by atoms with van der Waals surface area (Å²) in [5, 5.41) is 17.6. The lowest BCUT2D eigenvalue weighted by atomic mass is 9.97. The van der Waals surface area contributed by atoms with Crippen LogP contribution in [-0.4, -0.2) is 197 Å². The van der Waals surface area contributed by atoms with Gasteiger partial charge in [0.05, 0.1) is 13.2 Å². The highest BCUT2D eigenvalue weighted by molar-refractivity contribution is 7.98. The molecule has 4 heterocycles. The highest BCUT2D eigenvalue weighted by atomic mass is 32.2. The Balaban J connectivity index is 1.08. The quantitative estimate of drug-likeness (QED) is 0.0692. The van der Waals surface area contributed by atoms with Crippen LogP contribution in [0.25, 0.3) is 21.7 Å². The van der Waals surface area contributed by atoms with Gasteiger partial charge < -0.3 is 66.0 Å². The van der Waals surface area contributed by atoms with Crippen LogP contribution >= 0.6 is 23.5 Å². The summed E-state index contributed by atoms with van der Waals surface area (Å²) in [7, 11) is 7.78. The van der Waals surface area contributed by atoms with Crippen LogP contribution in [0.4, 0.5) is 0 Å². The maximum atomic E-state index is 15.9. The highest BCUT2D eigenvalue weighted by Gasteiger charge is 2.46. The highest BCUT2D eigenvalue weighted by Crippen LogP contribution is 2.29. The number of amides is 10. The number of thioether (sulfide) groups is 2. The zero-order valence-corrected chi connectivity index (χ0v) is 61.6. The van der Waals surface area contributed by atoms with Crippen molar-refractivity contribution >= 4 is 104 Å². The summed E-state index contributed by atoms with van der Waals surface area (Å²) in [5.41, 5.74) is 10.8. The van der Waals surface area contributed by atoms with Crippen molar-refractivity contribution in [3.8, 4) is 5.75 Å². The molecule has 1 aromatic heterocycles. The van der Waals surface area contributed by atoms with Crippen molar-refractivity contribution in [3.05, 3.63) is 149 Å². The molecule has 3 aliphatic heterocycles. The van der Waals surface area contributed by atoms with Gasteiger partial charge in [0.2, 0.25) is 59.1 Å². The number of carbonyl (C=O) groups excluding carboxylic acids is 10. The molecule has 2 bridgehead atoms. The first kappa shape index (κ1) is 77.2. The Morgan fingerprint density at radius 2 is 1.22 bits per heavy atom. The Bertz CT molecular complexity index is 3980. The minimum atomic E-state index is -1.39. The molecule has 0 radical (unpaired) electrons. The molecule has 6 aromatic rings. The molecule has 3 aliphatic rings. The first-order valence-corrected chi connectivity index (χ1v) is 37.6. The third-order valence-electron chi connectivity index (χ3n) is 19.6. The zero-order valence-electron chi connectivity index (χ0n) is 59.9. The van der Waals surface area contributed by atoms with E-state index in [0.717, 1.165) is 38.4 Å². The summed E-state index contributed by atoms with van der Waals surface area (Å²) < 4.78 is 13.2. The fraction of sp³-hybridized carbons (Fsp3) is 0.481. The number of para-hydroxylation sites is 1. The van der Waals surface area contributed by atoms with Gasteiger partial charge in [0.1, 0.15) is 60.1 Å². The molecule has 25 heteroatoms. The maximum Gasteiger partial charge on any atom is 0.246 e. The van der Waals surface area contributed by atoms with Gasteiger partial charge in [-0.3, -0.25) is 47.9 Å². The molecule has 2 saturated heterocycles. The van der Waals surface area contributed by atoms with Crippen LogP contribution < -0.4 is 37.1 Å². The number of ether oxygens (including phenoxy) is 2. The van der Waals surface area contributed by atoms with Crippen LogP contribution in [0.5, 0.6) is 5.75 Å². The first-order chi connectivity index (χ1) is 49.0. The zero-order chi connectivity index (χ0) is 73.3. The van der Waals surface area contributed by atoms with Gasteiger partial charge in [-0.2, -0.15) is 23.5 Å². The lowest BCUT2D eigenvalue weighted by Crippen LogP contribution is -2.62. The van der Waals surface area contributed by atoms with Gasteiger partial charge in [0.15, 0.2) is 0 Å². The number of hydrogen-bond donors (Lipinski definition) is 6. The number of rotatable bonds is 14. The van der Waals surface area contributed by atoms with Crippen LogP contribution in [0.3, 0.4) is 0 Å². The van der Waals surface area contributed by atoms with Crippen LogP contribution in [0.2, 0.25) is 0 Å². The summed E-state index contributed by atoms with van der Waals surface area (Å²) in [6, 6.07) is 25.3. The van der Waals surface area contributed by atoms with E-state index in [0.29, 0.717) is 59.8 Å². The molecular weight excluding hydrogens is 1340 g/mol. The summed E-state index contributed by atoms with van der Waals surface area (Å²) in [6.07, 6.45) is 3.19. The number of hydrogen-bond acceptors (Lipinski definition) is 14. The third kappa shape index (κ3) is 19.6. The standard InChI is InChI=1S/C77H99N11O12S2/c1-10-18-58-74(95)85(6)66(37-47(2)3)72(93)80-59(41-50-27-30-53-21-11-12-22-54(53)39-50)70(91)81-61(42-55-43-84(5)63-24-14-13-23-57(55)63)76(97)88-35-17-26-65(88)77(98)86(7)68(48(4)99-8)73(94)82-60(40-49-28-31-56(100-9)32-29-49)75(96)87-34-16-25-64(87)71(92)83-62(69(78)90)46-102-45-52-20-15-19-51(38-52)44-101-36-33-67(89)79-58/h11-15,19-24,27-32,38-39,43,47-48,58-62,64-66,68H,10,16-18,25-26,33-37,40-42,44-46H2,1-9H3,(H2,78,90)(H,79,89)(H,80,93)(H,81,91)(H,82,94)(H,83,92)/t48-,58+,59+,60+,61+,62+,64+,65+,66-,68+/m1/s1.